The fraction of sp³-hybridized carbons (Fsp3) is 0.235. The molecule has 0 spiro atoms. The summed E-state index contributed by atoms with van der Waals surface area (Å²) in [6.07, 6.45) is 1.76. The first-order valence-corrected chi connectivity index (χ1v) is 6.87. The summed E-state index contributed by atoms with van der Waals surface area (Å²) < 4.78 is 15.6. The minimum Gasteiger partial charge on any atom is -0.497 e. The summed E-state index contributed by atoms with van der Waals surface area (Å²) in [5, 5.41) is 4.20. The minimum atomic E-state index is 0.604. The summed E-state index contributed by atoms with van der Waals surface area (Å²) in [5.74, 6) is 2.25. The van der Waals surface area contributed by atoms with Gasteiger partial charge in [0.15, 0.2) is 11.5 Å². The number of nitrogens with zero attached hydrogens (tertiary/aromatic N) is 1. The second kappa shape index (κ2) is 7.93. The summed E-state index contributed by atoms with van der Waals surface area (Å²) >= 11 is 0. The quantitative estimate of drug-likeness (QED) is 0.631. The van der Waals surface area contributed by atoms with Crippen molar-refractivity contribution in [3.05, 3.63) is 53.6 Å². The monoisotopic (exact) mass is 300 g/mol. The highest BCUT2D eigenvalue weighted by atomic mass is 16.5. The van der Waals surface area contributed by atoms with Gasteiger partial charge in [0.1, 0.15) is 5.75 Å². The first-order chi connectivity index (χ1) is 10.8. The Balaban J connectivity index is 1.91. The molecule has 0 aliphatic rings. The van der Waals surface area contributed by atoms with E-state index in [1.807, 2.05) is 42.5 Å². The number of hydrogen-bond acceptors (Lipinski definition) is 5. The van der Waals surface area contributed by atoms with E-state index >= 15 is 0 Å². The van der Waals surface area contributed by atoms with Crippen LogP contribution in [0.2, 0.25) is 0 Å². The van der Waals surface area contributed by atoms with Crippen molar-refractivity contribution in [3.63, 3.8) is 0 Å². The molecule has 0 fully saturated rings. The van der Waals surface area contributed by atoms with Crippen molar-refractivity contribution in [1.82, 2.24) is 5.43 Å². The van der Waals surface area contributed by atoms with Crippen molar-refractivity contribution in [2.75, 3.05) is 21.3 Å². The van der Waals surface area contributed by atoms with Gasteiger partial charge < -0.3 is 19.6 Å². The molecule has 0 atom stereocenters. The number of nitrogens with one attached hydrogen (secondary N) is 1. The highest BCUT2D eigenvalue weighted by Gasteiger charge is 2.03. The Morgan fingerprint density at radius 2 is 1.64 bits per heavy atom. The van der Waals surface area contributed by atoms with Crippen LogP contribution >= 0.6 is 0 Å². The number of rotatable bonds is 7. The summed E-state index contributed by atoms with van der Waals surface area (Å²) in [5.41, 5.74) is 5.07. The summed E-state index contributed by atoms with van der Waals surface area (Å²) in [4.78, 5) is 0. The van der Waals surface area contributed by atoms with Gasteiger partial charge in [-0.2, -0.15) is 5.10 Å². The van der Waals surface area contributed by atoms with Crippen LogP contribution in [0.5, 0.6) is 17.2 Å². The molecule has 1 N–H and O–H groups in total. The van der Waals surface area contributed by atoms with Crippen LogP contribution in [-0.4, -0.2) is 27.5 Å². The van der Waals surface area contributed by atoms with E-state index in [0.29, 0.717) is 18.0 Å². The maximum absolute atomic E-state index is 5.27. The van der Waals surface area contributed by atoms with Crippen LogP contribution in [0.25, 0.3) is 0 Å². The minimum absolute atomic E-state index is 0.604. The van der Waals surface area contributed by atoms with Crippen LogP contribution < -0.4 is 19.6 Å². The number of hydrogen-bond donors (Lipinski definition) is 1. The molecule has 5 nitrogen and oxygen atoms in total. The Kier molecular flexibility index (Phi) is 5.65. The van der Waals surface area contributed by atoms with Gasteiger partial charge in [-0.3, -0.25) is 0 Å². The molecule has 0 aromatic heterocycles. The van der Waals surface area contributed by atoms with Gasteiger partial charge in [0, 0.05) is 0 Å². The smallest absolute Gasteiger partial charge is 0.161 e. The van der Waals surface area contributed by atoms with E-state index in [0.717, 1.165) is 16.9 Å². The molecule has 0 saturated carbocycles. The molecular formula is C17H20N2O3. The molecule has 116 valence electrons. The Hall–Kier alpha value is -2.69. The zero-order valence-electron chi connectivity index (χ0n) is 13.0. The Bertz CT molecular complexity index is 624. The molecule has 0 bridgehead atoms. The molecule has 0 saturated heterocycles. The molecule has 0 radical (unpaired) electrons. The molecule has 2 aromatic rings. The van der Waals surface area contributed by atoms with Gasteiger partial charge >= 0.3 is 0 Å². The molecule has 0 unspecified atom stereocenters. The summed E-state index contributed by atoms with van der Waals surface area (Å²) in [6, 6.07) is 13.5. The Labute approximate surface area is 130 Å². The Morgan fingerprint density at radius 3 is 2.27 bits per heavy atom. The molecule has 22 heavy (non-hydrogen) atoms. The molecule has 0 aliphatic carbocycles. The number of ether oxygens (including phenoxy) is 3. The van der Waals surface area contributed by atoms with Gasteiger partial charge in [-0.25, -0.2) is 0 Å². The van der Waals surface area contributed by atoms with Crippen LogP contribution in [0.4, 0.5) is 0 Å². The molecule has 0 heterocycles. The zero-order chi connectivity index (χ0) is 15.8. The predicted octanol–water partition coefficient (Wildman–Crippen LogP) is 2.84. The maximum atomic E-state index is 5.27. The fourth-order valence-electron chi connectivity index (χ4n) is 1.94. The fourth-order valence-corrected chi connectivity index (χ4v) is 1.94. The first kappa shape index (κ1) is 15.7. The standard InChI is InChI=1S/C17H20N2O3/c1-20-15-7-4-13(5-8-15)11-18-19-12-14-6-9-16(21-2)17(10-14)22-3/h4-11,19H,12H2,1-3H3/b18-11-. The summed E-state index contributed by atoms with van der Waals surface area (Å²) in [6.45, 7) is 0.604. The van der Waals surface area contributed by atoms with E-state index < -0.39 is 0 Å². The number of methoxy groups -OCH3 is 3. The molecule has 5 heteroatoms. The average molecular weight is 300 g/mol. The van der Waals surface area contributed by atoms with Crippen molar-refractivity contribution in [2.24, 2.45) is 5.10 Å². The van der Waals surface area contributed by atoms with Crippen LogP contribution in [0.1, 0.15) is 11.1 Å². The zero-order valence-corrected chi connectivity index (χ0v) is 13.0. The van der Waals surface area contributed by atoms with Gasteiger partial charge in [0.2, 0.25) is 0 Å². The van der Waals surface area contributed by atoms with Crippen molar-refractivity contribution in [2.45, 2.75) is 6.54 Å². The number of hydrazone groups is 1. The van der Waals surface area contributed by atoms with Gasteiger partial charge in [-0.05, 0) is 47.5 Å². The largest absolute Gasteiger partial charge is 0.497 e. The van der Waals surface area contributed by atoms with E-state index in [9.17, 15) is 0 Å². The third-order valence-electron chi connectivity index (χ3n) is 3.15. The lowest BCUT2D eigenvalue weighted by atomic mass is 10.2. The predicted molar refractivity (Wildman–Crippen MR) is 87.0 cm³/mol. The summed E-state index contributed by atoms with van der Waals surface area (Å²) in [7, 11) is 4.89. The lowest BCUT2D eigenvalue weighted by molar-refractivity contribution is 0.354. The lowest BCUT2D eigenvalue weighted by Crippen LogP contribution is -2.06. The highest BCUT2D eigenvalue weighted by Crippen LogP contribution is 2.27. The van der Waals surface area contributed by atoms with E-state index in [2.05, 4.69) is 10.5 Å². The van der Waals surface area contributed by atoms with E-state index in [1.165, 1.54) is 0 Å². The normalized spacial score (nSPS) is 10.5. The first-order valence-electron chi connectivity index (χ1n) is 6.87. The van der Waals surface area contributed by atoms with E-state index in [-0.39, 0.29) is 0 Å². The SMILES string of the molecule is COc1ccc(/C=N\NCc2ccc(OC)c(OC)c2)cc1. The van der Waals surface area contributed by atoms with Crippen molar-refractivity contribution < 1.29 is 14.2 Å². The highest BCUT2D eigenvalue weighted by molar-refractivity contribution is 5.79. The Morgan fingerprint density at radius 1 is 0.909 bits per heavy atom. The second-order valence-corrected chi connectivity index (χ2v) is 4.56. The topological polar surface area (TPSA) is 52.1 Å². The van der Waals surface area contributed by atoms with Gasteiger partial charge in [-0.1, -0.05) is 6.07 Å². The van der Waals surface area contributed by atoms with Crippen LogP contribution in [0.15, 0.2) is 47.6 Å². The van der Waals surface area contributed by atoms with Gasteiger partial charge in [0.25, 0.3) is 0 Å². The molecule has 2 aromatic carbocycles. The average Bonchev–Trinajstić information content (AvgIpc) is 2.59. The molecule has 0 amide bonds. The lowest BCUT2D eigenvalue weighted by Gasteiger charge is -2.09. The molecule has 0 aliphatic heterocycles. The van der Waals surface area contributed by atoms with Crippen molar-refractivity contribution in [3.8, 4) is 17.2 Å². The third-order valence-corrected chi connectivity index (χ3v) is 3.15. The van der Waals surface area contributed by atoms with Crippen LogP contribution in [0.3, 0.4) is 0 Å². The van der Waals surface area contributed by atoms with E-state index in [1.54, 1.807) is 27.5 Å². The maximum Gasteiger partial charge on any atom is 0.161 e. The molecule has 2 rings (SSSR count). The van der Waals surface area contributed by atoms with Gasteiger partial charge in [0.05, 0.1) is 34.1 Å². The van der Waals surface area contributed by atoms with E-state index in [4.69, 9.17) is 14.2 Å². The number of benzene rings is 2. The van der Waals surface area contributed by atoms with Crippen LogP contribution in [-0.2, 0) is 6.54 Å². The van der Waals surface area contributed by atoms with Crippen molar-refractivity contribution in [1.29, 1.82) is 0 Å². The third kappa shape index (κ3) is 4.15. The second-order valence-electron chi connectivity index (χ2n) is 4.56. The molecular weight excluding hydrogens is 280 g/mol. The van der Waals surface area contributed by atoms with Crippen LogP contribution in [0, 0.1) is 0 Å². The van der Waals surface area contributed by atoms with Gasteiger partial charge in [-0.15, -0.1) is 0 Å². The van der Waals surface area contributed by atoms with Crippen molar-refractivity contribution >= 4 is 6.21 Å².